The Morgan fingerprint density at radius 3 is 2.83 bits per heavy atom. The van der Waals surface area contributed by atoms with Crippen molar-refractivity contribution in [2.45, 2.75) is 52.4 Å². The van der Waals surface area contributed by atoms with E-state index >= 15 is 0 Å². The van der Waals surface area contributed by atoms with Gasteiger partial charge in [0.15, 0.2) is 0 Å². The molecule has 0 saturated carbocycles. The van der Waals surface area contributed by atoms with Crippen molar-refractivity contribution >= 4 is 5.91 Å². The molecule has 2 aromatic rings. The minimum atomic E-state index is -0.115. The summed E-state index contributed by atoms with van der Waals surface area (Å²) in [5, 5.41) is 13.6. The number of H-pyrrole nitrogens is 1. The molecule has 8 heteroatoms. The SMILES string of the molecule is CC[C@@H](C#N)C1CCN(C(=O)c2cnn(-c3nc4c(c(=O)[nH]3)CCC4)c2C)CC1. The highest BCUT2D eigenvalue weighted by Gasteiger charge is 2.30. The molecule has 29 heavy (non-hydrogen) atoms. The normalized spacial score (nSPS) is 17.8. The highest BCUT2D eigenvalue weighted by atomic mass is 16.2. The number of piperidine rings is 1. The number of likely N-dealkylation sites (tertiary alicyclic amines) is 1. The molecule has 1 fully saturated rings. The maximum absolute atomic E-state index is 13.1. The molecule has 4 rings (SSSR count). The first kappa shape index (κ1) is 19.4. The number of carbonyl (C=O) groups excluding carboxylic acids is 1. The van der Waals surface area contributed by atoms with E-state index < -0.39 is 0 Å². The molecule has 8 nitrogen and oxygen atoms in total. The summed E-state index contributed by atoms with van der Waals surface area (Å²) < 4.78 is 1.54. The number of nitrogens with one attached hydrogen (secondary N) is 1. The van der Waals surface area contributed by atoms with E-state index in [1.54, 1.807) is 10.9 Å². The number of aromatic nitrogens is 4. The first-order chi connectivity index (χ1) is 14.0. The molecular formula is C21H26N6O2. The lowest BCUT2D eigenvalue weighted by molar-refractivity contribution is 0.0670. The molecule has 0 radical (unpaired) electrons. The van der Waals surface area contributed by atoms with E-state index in [9.17, 15) is 14.9 Å². The van der Waals surface area contributed by atoms with E-state index in [4.69, 9.17) is 0 Å². The van der Waals surface area contributed by atoms with Gasteiger partial charge in [-0.15, -0.1) is 0 Å². The van der Waals surface area contributed by atoms with Gasteiger partial charge in [0, 0.05) is 24.6 Å². The number of aromatic amines is 1. The van der Waals surface area contributed by atoms with Crippen molar-refractivity contribution in [1.29, 1.82) is 5.26 Å². The van der Waals surface area contributed by atoms with Crippen molar-refractivity contribution in [1.82, 2.24) is 24.6 Å². The summed E-state index contributed by atoms with van der Waals surface area (Å²) in [5.41, 5.74) is 2.67. The van der Waals surface area contributed by atoms with Gasteiger partial charge in [0.05, 0.1) is 29.2 Å². The smallest absolute Gasteiger partial charge is 0.257 e. The number of carbonyl (C=O) groups is 1. The third kappa shape index (κ3) is 3.46. The molecule has 152 valence electrons. The lowest BCUT2D eigenvalue weighted by atomic mass is 9.83. The average molecular weight is 394 g/mol. The highest BCUT2D eigenvalue weighted by Crippen LogP contribution is 2.28. The summed E-state index contributed by atoms with van der Waals surface area (Å²) in [7, 11) is 0. The number of fused-ring (bicyclic) bond motifs is 1. The quantitative estimate of drug-likeness (QED) is 0.855. The van der Waals surface area contributed by atoms with Gasteiger partial charge in [-0.2, -0.15) is 10.4 Å². The highest BCUT2D eigenvalue weighted by molar-refractivity contribution is 5.95. The Bertz CT molecular complexity index is 1020. The zero-order chi connectivity index (χ0) is 20.5. The number of hydrogen-bond donors (Lipinski definition) is 1. The minimum absolute atomic E-state index is 0.0549. The van der Waals surface area contributed by atoms with Gasteiger partial charge in [-0.05, 0) is 51.4 Å². The summed E-state index contributed by atoms with van der Waals surface area (Å²) in [6.45, 7) is 5.17. The predicted octanol–water partition coefficient (Wildman–Crippen LogP) is 2.15. The molecular weight excluding hydrogens is 368 g/mol. The number of hydrogen-bond acceptors (Lipinski definition) is 5. The summed E-state index contributed by atoms with van der Waals surface area (Å²) in [6.07, 6.45) is 6.62. The van der Waals surface area contributed by atoms with Gasteiger partial charge in [0.1, 0.15) is 0 Å². The molecule has 1 N–H and O–H groups in total. The van der Waals surface area contributed by atoms with Gasteiger partial charge in [-0.3, -0.25) is 14.6 Å². The van der Waals surface area contributed by atoms with Crippen LogP contribution in [0.4, 0.5) is 0 Å². The van der Waals surface area contributed by atoms with Crippen molar-refractivity contribution in [3.63, 3.8) is 0 Å². The van der Waals surface area contributed by atoms with Crippen molar-refractivity contribution in [2.75, 3.05) is 13.1 Å². The third-order valence-electron chi connectivity index (χ3n) is 6.37. The van der Waals surface area contributed by atoms with Crippen LogP contribution in [0.5, 0.6) is 0 Å². The van der Waals surface area contributed by atoms with Crippen LogP contribution in [-0.2, 0) is 12.8 Å². The summed E-state index contributed by atoms with van der Waals surface area (Å²) in [5.74, 6) is 0.740. The average Bonchev–Trinajstić information content (AvgIpc) is 3.36. The van der Waals surface area contributed by atoms with E-state index in [0.717, 1.165) is 49.8 Å². The zero-order valence-electron chi connectivity index (χ0n) is 16.9. The number of nitriles is 1. The van der Waals surface area contributed by atoms with Gasteiger partial charge in [0.2, 0.25) is 5.95 Å². The molecule has 0 unspecified atom stereocenters. The van der Waals surface area contributed by atoms with Crippen LogP contribution >= 0.6 is 0 Å². The third-order valence-corrected chi connectivity index (χ3v) is 6.37. The number of rotatable bonds is 4. The molecule has 0 spiro atoms. The van der Waals surface area contributed by atoms with Crippen LogP contribution in [0.3, 0.4) is 0 Å². The molecule has 2 aliphatic rings. The van der Waals surface area contributed by atoms with E-state index in [2.05, 4.69) is 21.1 Å². The van der Waals surface area contributed by atoms with Gasteiger partial charge in [0.25, 0.3) is 11.5 Å². The van der Waals surface area contributed by atoms with Crippen molar-refractivity contribution < 1.29 is 4.79 Å². The summed E-state index contributed by atoms with van der Waals surface area (Å²) in [4.78, 5) is 34.6. The molecule has 1 aliphatic carbocycles. The van der Waals surface area contributed by atoms with E-state index in [0.29, 0.717) is 36.2 Å². The largest absolute Gasteiger partial charge is 0.339 e. The van der Waals surface area contributed by atoms with Crippen molar-refractivity contribution in [3.8, 4) is 12.0 Å². The molecule has 1 aliphatic heterocycles. The monoisotopic (exact) mass is 394 g/mol. The lowest BCUT2D eigenvalue weighted by Gasteiger charge is -2.33. The minimum Gasteiger partial charge on any atom is -0.339 e. The van der Waals surface area contributed by atoms with Gasteiger partial charge in [-0.25, -0.2) is 9.67 Å². The van der Waals surface area contributed by atoms with Crippen molar-refractivity contribution in [2.24, 2.45) is 11.8 Å². The Morgan fingerprint density at radius 2 is 2.14 bits per heavy atom. The topological polar surface area (TPSA) is 108 Å². The molecule has 0 bridgehead atoms. The fourth-order valence-electron chi connectivity index (χ4n) is 4.57. The number of nitrogens with zero attached hydrogens (tertiary/aromatic N) is 5. The van der Waals surface area contributed by atoms with Crippen molar-refractivity contribution in [3.05, 3.63) is 39.1 Å². The van der Waals surface area contributed by atoms with Crippen LogP contribution in [0.25, 0.3) is 5.95 Å². The Kier molecular flexibility index (Phi) is 5.22. The Hall–Kier alpha value is -2.95. The van der Waals surface area contributed by atoms with Crippen LogP contribution in [0.2, 0.25) is 0 Å². The van der Waals surface area contributed by atoms with Gasteiger partial charge >= 0.3 is 0 Å². The molecule has 2 aromatic heterocycles. The summed E-state index contributed by atoms with van der Waals surface area (Å²) >= 11 is 0. The van der Waals surface area contributed by atoms with E-state index in [1.165, 1.54) is 0 Å². The molecule has 1 saturated heterocycles. The van der Waals surface area contributed by atoms with Crippen LogP contribution in [0.1, 0.15) is 59.9 Å². The van der Waals surface area contributed by atoms with Gasteiger partial charge < -0.3 is 4.90 Å². The fraction of sp³-hybridized carbons (Fsp3) is 0.571. The second-order valence-electron chi connectivity index (χ2n) is 8.00. The Labute approximate surface area is 169 Å². The first-order valence-corrected chi connectivity index (χ1v) is 10.4. The second-order valence-corrected chi connectivity index (χ2v) is 8.00. The predicted molar refractivity (Wildman–Crippen MR) is 107 cm³/mol. The summed E-state index contributed by atoms with van der Waals surface area (Å²) in [6, 6.07) is 2.40. The standard InChI is InChI=1S/C21H26N6O2/c1-3-14(11-22)15-7-9-26(10-8-15)20(29)17-12-23-27(13(17)2)21-24-18-6-4-5-16(18)19(28)25-21/h12,14-15H,3-10H2,1-2H3,(H,24,25,28)/t14-/m0/s1. The molecule has 3 heterocycles. The fourth-order valence-corrected chi connectivity index (χ4v) is 4.57. The molecule has 0 aromatic carbocycles. The number of amides is 1. The molecule has 1 atom stereocenters. The van der Waals surface area contributed by atoms with E-state index in [-0.39, 0.29) is 17.4 Å². The van der Waals surface area contributed by atoms with Crippen LogP contribution in [0, 0.1) is 30.1 Å². The molecule has 1 amide bonds. The second kappa shape index (κ2) is 7.82. The Morgan fingerprint density at radius 1 is 1.38 bits per heavy atom. The zero-order valence-corrected chi connectivity index (χ0v) is 16.9. The van der Waals surface area contributed by atoms with E-state index in [1.807, 2.05) is 18.7 Å². The lowest BCUT2D eigenvalue weighted by Crippen LogP contribution is -2.40. The van der Waals surface area contributed by atoms with Crippen LogP contribution < -0.4 is 5.56 Å². The Balaban J connectivity index is 1.52. The first-order valence-electron chi connectivity index (χ1n) is 10.4. The maximum atomic E-state index is 13.1. The van der Waals surface area contributed by atoms with Crippen LogP contribution in [-0.4, -0.2) is 43.6 Å². The van der Waals surface area contributed by atoms with Gasteiger partial charge in [-0.1, -0.05) is 6.92 Å². The van der Waals surface area contributed by atoms with Crippen LogP contribution in [0.15, 0.2) is 11.0 Å². The number of aryl methyl sites for hydroxylation is 1. The maximum Gasteiger partial charge on any atom is 0.257 e.